The zero-order valence-corrected chi connectivity index (χ0v) is 16.6. The fraction of sp³-hybridized carbons (Fsp3) is 0.250. The number of nitrogens with one attached hydrogen (secondary N) is 1. The number of hydrogen-bond donors (Lipinski definition) is 1. The number of carbonyl (C=O) groups excluding carboxylic acids is 1. The molecule has 1 unspecified atom stereocenters. The lowest BCUT2D eigenvalue weighted by molar-refractivity contribution is -0.120. The minimum absolute atomic E-state index is 0.158. The minimum atomic E-state index is -0.637. The van der Waals surface area contributed by atoms with Crippen LogP contribution in [0.15, 0.2) is 58.3 Å². The summed E-state index contributed by atoms with van der Waals surface area (Å²) in [6.45, 7) is 4.01. The second-order valence-electron chi connectivity index (χ2n) is 6.57. The monoisotopic (exact) mass is 415 g/mol. The molecule has 2 aromatic heterocycles. The van der Waals surface area contributed by atoms with Crippen LogP contribution in [-0.4, -0.2) is 21.5 Å². The van der Waals surface area contributed by atoms with Crippen LogP contribution in [0.2, 0.25) is 0 Å². The summed E-state index contributed by atoms with van der Waals surface area (Å²) < 4.78 is 14.9. The molecule has 8 heteroatoms. The van der Waals surface area contributed by atoms with Crippen LogP contribution in [0.3, 0.4) is 0 Å². The first-order chi connectivity index (χ1) is 13.6. The Kier molecular flexibility index (Phi) is 5.32. The van der Waals surface area contributed by atoms with E-state index in [2.05, 4.69) is 16.9 Å². The SMILES string of the molecule is C=CCn1c(SC(C(=O)NC2CC2)c2ccc(F)cc2)nc2sccc2c1=O. The zero-order valence-electron chi connectivity index (χ0n) is 14.9. The van der Waals surface area contributed by atoms with Gasteiger partial charge in [-0.3, -0.25) is 14.2 Å². The summed E-state index contributed by atoms with van der Waals surface area (Å²) in [6.07, 6.45) is 3.56. The molecule has 1 aliphatic rings. The first-order valence-electron chi connectivity index (χ1n) is 8.88. The molecule has 0 radical (unpaired) electrons. The second kappa shape index (κ2) is 7.89. The van der Waals surface area contributed by atoms with Crippen molar-refractivity contribution < 1.29 is 9.18 Å². The van der Waals surface area contributed by atoms with Crippen LogP contribution in [-0.2, 0) is 11.3 Å². The average Bonchev–Trinajstić information content (AvgIpc) is 3.36. The highest BCUT2D eigenvalue weighted by atomic mass is 32.2. The van der Waals surface area contributed by atoms with Gasteiger partial charge in [-0.1, -0.05) is 30.0 Å². The van der Waals surface area contributed by atoms with Gasteiger partial charge in [-0.25, -0.2) is 9.37 Å². The topological polar surface area (TPSA) is 64.0 Å². The van der Waals surface area contributed by atoms with E-state index in [1.54, 1.807) is 24.3 Å². The van der Waals surface area contributed by atoms with Crippen molar-refractivity contribution in [1.82, 2.24) is 14.9 Å². The summed E-state index contributed by atoms with van der Waals surface area (Å²) in [6, 6.07) is 7.80. The van der Waals surface area contributed by atoms with Crippen molar-refractivity contribution in [2.24, 2.45) is 0 Å². The van der Waals surface area contributed by atoms with Gasteiger partial charge >= 0.3 is 0 Å². The van der Waals surface area contributed by atoms with Gasteiger partial charge in [0, 0.05) is 12.6 Å². The number of nitrogens with zero attached hydrogens (tertiary/aromatic N) is 2. The van der Waals surface area contributed by atoms with Crippen LogP contribution in [0.5, 0.6) is 0 Å². The number of halogens is 1. The van der Waals surface area contributed by atoms with E-state index in [1.807, 2.05) is 5.38 Å². The Balaban J connectivity index is 1.75. The summed E-state index contributed by atoms with van der Waals surface area (Å²) in [5, 5.41) is 5.18. The smallest absolute Gasteiger partial charge is 0.263 e. The summed E-state index contributed by atoms with van der Waals surface area (Å²) in [7, 11) is 0. The molecule has 0 spiro atoms. The Morgan fingerprint density at radius 2 is 2.14 bits per heavy atom. The predicted molar refractivity (Wildman–Crippen MR) is 110 cm³/mol. The number of aromatic nitrogens is 2. The number of hydrogen-bond acceptors (Lipinski definition) is 5. The number of fused-ring (bicyclic) bond motifs is 1. The van der Waals surface area contributed by atoms with Crippen LogP contribution in [0.4, 0.5) is 4.39 Å². The van der Waals surface area contributed by atoms with E-state index in [9.17, 15) is 14.0 Å². The molecule has 28 heavy (non-hydrogen) atoms. The molecule has 4 rings (SSSR count). The number of benzene rings is 1. The number of thiophene rings is 1. The molecule has 1 N–H and O–H groups in total. The third kappa shape index (κ3) is 3.88. The Morgan fingerprint density at radius 3 is 2.82 bits per heavy atom. The Bertz CT molecular complexity index is 1090. The Labute approximate surface area is 169 Å². The number of carbonyl (C=O) groups is 1. The van der Waals surface area contributed by atoms with Crippen molar-refractivity contribution in [3.05, 3.63) is 70.1 Å². The molecule has 2 heterocycles. The molecule has 1 fully saturated rings. The fourth-order valence-corrected chi connectivity index (χ4v) is 4.75. The summed E-state index contributed by atoms with van der Waals surface area (Å²) >= 11 is 2.58. The molecule has 1 atom stereocenters. The molecule has 5 nitrogen and oxygen atoms in total. The van der Waals surface area contributed by atoms with E-state index in [-0.39, 0.29) is 23.3 Å². The van der Waals surface area contributed by atoms with E-state index in [0.29, 0.717) is 27.5 Å². The first kappa shape index (κ1) is 18.9. The molecular formula is C20H18FN3O2S2. The standard InChI is InChI=1S/C20H18FN3O2S2/c1-2-10-24-19(26)15-9-11-27-18(15)23-20(24)28-16(17(25)22-14-7-8-14)12-3-5-13(21)6-4-12/h2-6,9,11,14,16H,1,7-8,10H2,(H,22,25). The lowest BCUT2D eigenvalue weighted by Gasteiger charge is -2.18. The third-order valence-electron chi connectivity index (χ3n) is 4.42. The van der Waals surface area contributed by atoms with Crippen LogP contribution >= 0.6 is 23.1 Å². The maximum atomic E-state index is 13.4. The molecule has 0 aliphatic heterocycles. The largest absolute Gasteiger partial charge is 0.352 e. The van der Waals surface area contributed by atoms with Gasteiger partial charge in [0.25, 0.3) is 5.56 Å². The quantitative estimate of drug-likeness (QED) is 0.361. The summed E-state index contributed by atoms with van der Waals surface area (Å²) in [4.78, 5) is 31.0. The number of thioether (sulfide) groups is 1. The molecular weight excluding hydrogens is 397 g/mol. The van der Waals surface area contributed by atoms with Crippen LogP contribution in [0.25, 0.3) is 10.2 Å². The van der Waals surface area contributed by atoms with Gasteiger partial charge in [0.15, 0.2) is 5.16 Å². The van der Waals surface area contributed by atoms with E-state index >= 15 is 0 Å². The normalized spacial score (nSPS) is 14.8. The minimum Gasteiger partial charge on any atom is -0.352 e. The van der Waals surface area contributed by atoms with E-state index < -0.39 is 5.25 Å². The molecule has 0 bridgehead atoms. The van der Waals surface area contributed by atoms with Gasteiger partial charge in [-0.15, -0.1) is 17.9 Å². The maximum absolute atomic E-state index is 13.4. The van der Waals surface area contributed by atoms with Crippen molar-refractivity contribution in [1.29, 1.82) is 0 Å². The van der Waals surface area contributed by atoms with Gasteiger partial charge in [0.1, 0.15) is 15.9 Å². The van der Waals surface area contributed by atoms with E-state index in [4.69, 9.17) is 0 Å². The lowest BCUT2D eigenvalue weighted by Crippen LogP contribution is -2.30. The molecule has 0 saturated heterocycles. The molecule has 1 aliphatic carbocycles. The molecule has 144 valence electrons. The average molecular weight is 416 g/mol. The molecule has 1 amide bonds. The van der Waals surface area contributed by atoms with Crippen molar-refractivity contribution in [3.8, 4) is 0 Å². The fourth-order valence-electron chi connectivity index (χ4n) is 2.83. The van der Waals surface area contributed by atoms with Gasteiger partial charge in [0.05, 0.1) is 5.39 Å². The predicted octanol–water partition coefficient (Wildman–Crippen LogP) is 3.90. The van der Waals surface area contributed by atoms with Crippen molar-refractivity contribution >= 4 is 39.2 Å². The highest BCUT2D eigenvalue weighted by molar-refractivity contribution is 8.00. The Hall–Kier alpha value is -2.45. The van der Waals surface area contributed by atoms with Crippen molar-refractivity contribution in [2.75, 3.05) is 0 Å². The maximum Gasteiger partial charge on any atom is 0.263 e. The highest BCUT2D eigenvalue weighted by Crippen LogP contribution is 2.36. The molecule has 1 aromatic carbocycles. The molecule has 3 aromatic rings. The van der Waals surface area contributed by atoms with Crippen LogP contribution < -0.4 is 10.9 Å². The van der Waals surface area contributed by atoms with Crippen LogP contribution in [0, 0.1) is 5.82 Å². The van der Waals surface area contributed by atoms with Gasteiger partial charge in [0.2, 0.25) is 5.91 Å². The van der Waals surface area contributed by atoms with Gasteiger partial charge < -0.3 is 5.32 Å². The number of amides is 1. The Morgan fingerprint density at radius 1 is 1.39 bits per heavy atom. The second-order valence-corrected chi connectivity index (χ2v) is 8.54. The van der Waals surface area contributed by atoms with Gasteiger partial charge in [-0.05, 0) is 42.0 Å². The van der Waals surface area contributed by atoms with Crippen molar-refractivity contribution in [3.63, 3.8) is 0 Å². The number of allylic oxidation sites excluding steroid dienone is 1. The number of rotatable bonds is 7. The van der Waals surface area contributed by atoms with E-state index in [0.717, 1.165) is 12.8 Å². The van der Waals surface area contributed by atoms with E-state index in [1.165, 1.54) is 39.8 Å². The molecule has 1 saturated carbocycles. The first-order valence-corrected chi connectivity index (χ1v) is 10.6. The lowest BCUT2D eigenvalue weighted by atomic mass is 10.1. The van der Waals surface area contributed by atoms with Crippen LogP contribution in [0.1, 0.15) is 23.7 Å². The summed E-state index contributed by atoms with van der Waals surface area (Å²) in [5.41, 5.74) is 0.504. The highest BCUT2D eigenvalue weighted by Gasteiger charge is 2.30. The van der Waals surface area contributed by atoms with Crippen molar-refractivity contribution in [2.45, 2.75) is 35.8 Å². The third-order valence-corrected chi connectivity index (χ3v) is 6.47. The van der Waals surface area contributed by atoms with Gasteiger partial charge in [-0.2, -0.15) is 0 Å². The summed E-state index contributed by atoms with van der Waals surface area (Å²) in [5.74, 6) is -0.526. The zero-order chi connectivity index (χ0) is 19.7.